The van der Waals surface area contributed by atoms with E-state index in [9.17, 15) is 17.7 Å². The highest BCUT2D eigenvalue weighted by Crippen LogP contribution is 2.37. The van der Waals surface area contributed by atoms with Crippen LogP contribution in [0.3, 0.4) is 0 Å². The largest absolute Gasteiger partial charge is 0.482 e. The monoisotopic (exact) mass is 267 g/mol. The van der Waals surface area contributed by atoms with Gasteiger partial charge in [0.2, 0.25) is 0 Å². The molecule has 3 nitrogen and oxygen atoms in total. The molecule has 1 aromatic rings. The fourth-order valence-corrected chi connectivity index (χ4v) is 2.00. The first-order chi connectivity index (χ1) is 7.59. The summed E-state index contributed by atoms with van der Waals surface area (Å²) in [5, 5.41) is 0.434. The molecule has 17 heavy (non-hydrogen) atoms. The highest BCUT2D eigenvalue weighted by molar-refractivity contribution is 7.70. The van der Waals surface area contributed by atoms with Crippen LogP contribution in [0.1, 0.15) is 0 Å². The molecule has 0 aliphatic rings. The quantitative estimate of drug-likeness (QED) is 0.676. The summed E-state index contributed by atoms with van der Waals surface area (Å²) >= 11 is 0. The predicted octanol–water partition coefficient (Wildman–Crippen LogP) is 2.46. The lowest BCUT2D eigenvalue weighted by atomic mass is 10.3. The van der Waals surface area contributed by atoms with Crippen molar-refractivity contribution < 1.29 is 22.5 Å². The molecule has 0 saturated heterocycles. The second-order valence-corrected chi connectivity index (χ2v) is 7.19. The highest BCUT2D eigenvalue weighted by atomic mass is 31.2. The van der Waals surface area contributed by atoms with Crippen LogP contribution >= 0.6 is 7.14 Å². The first-order valence-corrected chi connectivity index (χ1v) is 7.34. The molecule has 0 heterocycles. The molecule has 0 amide bonds. The molecule has 2 N–H and O–H groups in total. The Morgan fingerprint density at radius 1 is 1.35 bits per heavy atom. The van der Waals surface area contributed by atoms with Crippen molar-refractivity contribution in [3.63, 3.8) is 0 Å². The van der Waals surface area contributed by atoms with E-state index in [-0.39, 0.29) is 11.4 Å². The van der Waals surface area contributed by atoms with Gasteiger partial charge in [-0.25, -0.2) is 0 Å². The number of nitrogens with two attached hydrogens (primary N) is 1. The van der Waals surface area contributed by atoms with Crippen LogP contribution in [0, 0.1) is 0 Å². The number of nitrogen functional groups attached to an aromatic ring is 1. The van der Waals surface area contributed by atoms with E-state index in [1.165, 1.54) is 31.5 Å². The van der Waals surface area contributed by atoms with E-state index in [4.69, 9.17) is 5.73 Å². The maximum atomic E-state index is 12.0. The molecule has 1 aromatic carbocycles. The minimum Gasteiger partial charge on any atom is -0.482 e. The van der Waals surface area contributed by atoms with Crippen molar-refractivity contribution in [1.82, 2.24) is 0 Å². The van der Waals surface area contributed by atoms with Gasteiger partial charge in [-0.2, -0.15) is 13.2 Å². The maximum Gasteiger partial charge on any atom is 0.422 e. The molecule has 0 aliphatic carbocycles. The van der Waals surface area contributed by atoms with Crippen LogP contribution in [0.5, 0.6) is 5.75 Å². The number of rotatable bonds is 3. The molecule has 0 spiro atoms. The third-order valence-corrected chi connectivity index (χ3v) is 3.53. The second-order valence-electron chi connectivity index (χ2n) is 3.98. The molecule has 0 bridgehead atoms. The van der Waals surface area contributed by atoms with Crippen LogP contribution in [0.4, 0.5) is 18.9 Å². The zero-order chi connectivity index (χ0) is 13.3. The van der Waals surface area contributed by atoms with Gasteiger partial charge < -0.3 is 15.0 Å². The summed E-state index contributed by atoms with van der Waals surface area (Å²) in [6.45, 7) is 1.62. The Kier molecular flexibility index (Phi) is 3.77. The van der Waals surface area contributed by atoms with Crippen molar-refractivity contribution in [2.75, 3.05) is 25.7 Å². The van der Waals surface area contributed by atoms with E-state index >= 15 is 0 Å². The Balaban J connectivity index is 2.96. The second kappa shape index (κ2) is 4.61. The Hall–Kier alpha value is -1.16. The Morgan fingerprint density at radius 3 is 2.41 bits per heavy atom. The summed E-state index contributed by atoms with van der Waals surface area (Å²) < 4.78 is 52.3. The average Bonchev–Trinajstić information content (AvgIpc) is 2.13. The standard InChI is InChI=1S/C10H13F3NO2P/c1-17(2,15)7-3-4-8(14)9(5-7)16-6-10(11,12)13/h3-5H,6,14H2,1-2H3. The number of ether oxygens (including phenoxy) is 1. The van der Waals surface area contributed by atoms with Gasteiger partial charge in [0.15, 0.2) is 6.61 Å². The Bertz CT molecular complexity index is 453. The molecule has 0 unspecified atom stereocenters. The van der Waals surface area contributed by atoms with E-state index in [1.807, 2.05) is 0 Å². The van der Waals surface area contributed by atoms with Gasteiger partial charge in [-0.1, -0.05) is 0 Å². The minimum atomic E-state index is -4.43. The average molecular weight is 267 g/mol. The third-order valence-electron chi connectivity index (χ3n) is 2.01. The van der Waals surface area contributed by atoms with Gasteiger partial charge in [0.1, 0.15) is 12.9 Å². The van der Waals surface area contributed by atoms with Gasteiger partial charge in [0.05, 0.1) is 5.69 Å². The summed E-state index contributed by atoms with van der Waals surface area (Å²) in [4.78, 5) is 0. The van der Waals surface area contributed by atoms with Crippen LogP contribution in [0.25, 0.3) is 0 Å². The van der Waals surface area contributed by atoms with Crippen LogP contribution in [0.15, 0.2) is 18.2 Å². The summed E-state index contributed by atoms with van der Waals surface area (Å²) in [5.41, 5.74) is 5.57. The fourth-order valence-electron chi connectivity index (χ4n) is 1.14. The van der Waals surface area contributed by atoms with Crippen molar-refractivity contribution in [3.8, 4) is 5.75 Å². The summed E-state index contributed by atoms with van der Waals surface area (Å²) in [6, 6.07) is 4.21. The molecular weight excluding hydrogens is 254 g/mol. The topological polar surface area (TPSA) is 52.3 Å². The van der Waals surface area contributed by atoms with Crippen molar-refractivity contribution >= 4 is 18.1 Å². The molecule has 0 fully saturated rings. The maximum absolute atomic E-state index is 12.0. The van der Waals surface area contributed by atoms with Gasteiger partial charge in [0, 0.05) is 5.30 Å². The predicted molar refractivity (Wildman–Crippen MR) is 61.5 cm³/mol. The van der Waals surface area contributed by atoms with Crippen molar-refractivity contribution in [2.45, 2.75) is 6.18 Å². The molecule has 7 heteroatoms. The smallest absolute Gasteiger partial charge is 0.422 e. The van der Waals surface area contributed by atoms with Crippen molar-refractivity contribution in [1.29, 1.82) is 0 Å². The van der Waals surface area contributed by atoms with Gasteiger partial charge in [-0.3, -0.25) is 0 Å². The van der Waals surface area contributed by atoms with Gasteiger partial charge in [0.25, 0.3) is 0 Å². The van der Waals surface area contributed by atoms with Crippen LogP contribution in [-0.4, -0.2) is 26.1 Å². The molecular formula is C10H13F3NO2P. The van der Waals surface area contributed by atoms with Crippen molar-refractivity contribution in [3.05, 3.63) is 18.2 Å². The lowest BCUT2D eigenvalue weighted by Gasteiger charge is -2.14. The first-order valence-electron chi connectivity index (χ1n) is 4.74. The van der Waals surface area contributed by atoms with Crippen molar-refractivity contribution in [2.24, 2.45) is 0 Å². The summed E-state index contributed by atoms with van der Waals surface area (Å²) in [7, 11) is -2.55. The number of anilines is 1. The number of hydrogen-bond donors (Lipinski definition) is 1. The highest BCUT2D eigenvalue weighted by Gasteiger charge is 2.29. The Morgan fingerprint density at radius 2 is 1.94 bits per heavy atom. The van der Waals surface area contributed by atoms with Gasteiger partial charge in [-0.15, -0.1) is 0 Å². The third kappa shape index (κ3) is 4.30. The van der Waals surface area contributed by atoms with E-state index in [0.29, 0.717) is 5.30 Å². The number of hydrogen-bond acceptors (Lipinski definition) is 3. The minimum absolute atomic E-state index is 0.0893. The molecule has 1 rings (SSSR count). The summed E-state index contributed by atoms with van der Waals surface area (Å²) in [5.74, 6) is -0.0938. The number of benzene rings is 1. The Labute approximate surface area is 97.1 Å². The van der Waals surface area contributed by atoms with E-state index in [1.54, 1.807) is 0 Å². The lowest BCUT2D eigenvalue weighted by Crippen LogP contribution is -2.20. The normalized spacial score (nSPS) is 12.5. The summed E-state index contributed by atoms with van der Waals surface area (Å²) in [6.07, 6.45) is -4.43. The molecule has 0 aromatic heterocycles. The van der Waals surface area contributed by atoms with Gasteiger partial charge >= 0.3 is 6.18 Å². The number of halogens is 3. The van der Waals surface area contributed by atoms with Crippen LogP contribution in [-0.2, 0) is 4.57 Å². The molecule has 0 radical (unpaired) electrons. The molecule has 0 saturated carbocycles. The number of alkyl halides is 3. The zero-order valence-electron chi connectivity index (χ0n) is 9.41. The van der Waals surface area contributed by atoms with Crippen LogP contribution in [0.2, 0.25) is 0 Å². The molecule has 0 aliphatic heterocycles. The SMILES string of the molecule is CP(C)(=O)c1ccc(N)c(OCC(F)(F)F)c1. The zero-order valence-corrected chi connectivity index (χ0v) is 10.3. The van der Waals surface area contributed by atoms with Gasteiger partial charge in [-0.05, 0) is 31.5 Å². The fraction of sp³-hybridized carbons (Fsp3) is 0.400. The lowest BCUT2D eigenvalue weighted by molar-refractivity contribution is -0.153. The van der Waals surface area contributed by atoms with Crippen LogP contribution < -0.4 is 15.8 Å². The first kappa shape index (κ1) is 13.9. The van der Waals surface area contributed by atoms with E-state index in [0.717, 1.165) is 0 Å². The van der Waals surface area contributed by atoms with E-state index < -0.39 is 19.9 Å². The van der Waals surface area contributed by atoms with E-state index in [2.05, 4.69) is 4.74 Å². The molecule has 0 atom stereocenters. The molecule has 96 valence electrons.